The molecule has 0 aliphatic heterocycles. The molecule has 1 heterocycles. The summed E-state index contributed by atoms with van der Waals surface area (Å²) in [7, 11) is -3.99. The maximum absolute atomic E-state index is 11.2. The fourth-order valence-electron chi connectivity index (χ4n) is 1.04. The number of primary sulfonamides is 1. The van der Waals surface area contributed by atoms with Crippen LogP contribution in [0.25, 0.3) is 0 Å². The first-order valence-corrected chi connectivity index (χ1v) is 6.80. The third-order valence-electron chi connectivity index (χ3n) is 1.58. The molecule has 90 valence electrons. The van der Waals surface area contributed by atoms with Gasteiger partial charge in [-0.15, -0.1) is 11.3 Å². The van der Waals surface area contributed by atoms with Crippen molar-refractivity contribution < 1.29 is 17.9 Å². The topological polar surface area (TPSA) is 112 Å². The molecule has 0 unspecified atom stereocenters. The van der Waals surface area contributed by atoms with Crippen LogP contribution in [0.4, 0.5) is 0 Å². The molecule has 1 amide bonds. The predicted octanol–water partition coefficient (Wildman–Crippen LogP) is 0.547. The van der Waals surface area contributed by atoms with E-state index in [1.807, 2.05) is 0 Å². The number of hydrogen-bond donors (Lipinski definition) is 2. The lowest BCUT2D eigenvalue weighted by molar-refractivity contribution is 0.0997. The summed E-state index contributed by atoms with van der Waals surface area (Å²) in [6.45, 7) is 1.79. The summed E-state index contributed by atoms with van der Waals surface area (Å²) >= 11 is 6.35. The number of nitrogens with two attached hydrogens (primary N) is 2. The fourth-order valence-corrected chi connectivity index (χ4v) is 3.44. The molecular weight excluding hydrogens is 276 g/mol. The lowest BCUT2D eigenvalue weighted by Gasteiger charge is -2.04. The Balaban J connectivity index is 3.53. The standard InChI is InChI=1S/C7H9ClN2O4S2/c1-2-14-4-3(6(9)11)5(8)15-7(4)16(10,12)13/h2H2,1H3,(H2,9,11)(H2,10,12,13). The molecule has 4 N–H and O–H groups in total. The maximum Gasteiger partial charge on any atom is 0.254 e. The Morgan fingerprint density at radius 1 is 1.56 bits per heavy atom. The SMILES string of the molecule is CCOc1c(S(N)(=O)=O)sc(Cl)c1C(N)=O. The van der Waals surface area contributed by atoms with Gasteiger partial charge in [-0.3, -0.25) is 4.79 Å². The van der Waals surface area contributed by atoms with Crippen LogP contribution >= 0.6 is 22.9 Å². The van der Waals surface area contributed by atoms with E-state index in [9.17, 15) is 13.2 Å². The summed E-state index contributed by atoms with van der Waals surface area (Å²) in [5, 5.41) is 4.96. The van der Waals surface area contributed by atoms with Crippen molar-refractivity contribution in [2.45, 2.75) is 11.1 Å². The Labute approximate surface area is 101 Å². The Bertz CT molecular complexity index is 523. The third-order valence-corrected chi connectivity index (χ3v) is 4.41. The van der Waals surface area contributed by atoms with Crippen molar-refractivity contribution in [1.29, 1.82) is 0 Å². The lowest BCUT2D eigenvalue weighted by atomic mass is 10.3. The van der Waals surface area contributed by atoms with Crippen molar-refractivity contribution in [3.63, 3.8) is 0 Å². The fraction of sp³-hybridized carbons (Fsp3) is 0.286. The molecule has 0 radical (unpaired) electrons. The third kappa shape index (κ3) is 2.46. The highest BCUT2D eigenvalue weighted by atomic mass is 35.5. The van der Waals surface area contributed by atoms with Crippen molar-refractivity contribution >= 4 is 38.9 Å². The van der Waals surface area contributed by atoms with Crippen LogP contribution in [0.3, 0.4) is 0 Å². The normalized spacial score (nSPS) is 11.4. The van der Waals surface area contributed by atoms with E-state index in [0.29, 0.717) is 11.3 Å². The summed E-state index contributed by atoms with van der Waals surface area (Å²) in [5.41, 5.74) is 4.91. The second-order valence-corrected chi connectivity index (χ2v) is 6.09. The average molecular weight is 285 g/mol. The molecule has 0 spiro atoms. The molecule has 16 heavy (non-hydrogen) atoms. The number of thiophene rings is 1. The van der Waals surface area contributed by atoms with Gasteiger partial charge in [0.05, 0.1) is 6.61 Å². The molecular formula is C7H9ClN2O4S2. The summed E-state index contributed by atoms with van der Waals surface area (Å²) < 4.78 is 27.1. The quantitative estimate of drug-likeness (QED) is 0.840. The summed E-state index contributed by atoms with van der Waals surface area (Å²) in [6.07, 6.45) is 0. The van der Waals surface area contributed by atoms with Gasteiger partial charge in [-0.25, -0.2) is 13.6 Å². The first-order chi connectivity index (χ1) is 7.29. The second-order valence-electron chi connectivity index (χ2n) is 2.71. The van der Waals surface area contributed by atoms with Crippen LogP contribution in [0.5, 0.6) is 5.75 Å². The molecule has 0 aromatic carbocycles. The van der Waals surface area contributed by atoms with Gasteiger partial charge in [-0.05, 0) is 6.92 Å². The van der Waals surface area contributed by atoms with Crippen LogP contribution in [0, 0.1) is 0 Å². The highest BCUT2D eigenvalue weighted by Crippen LogP contribution is 2.41. The first kappa shape index (κ1) is 13.2. The van der Waals surface area contributed by atoms with Crippen molar-refractivity contribution in [3.05, 3.63) is 9.90 Å². The Morgan fingerprint density at radius 2 is 2.12 bits per heavy atom. The number of carbonyl (C=O) groups excluding carboxylic acids is 1. The lowest BCUT2D eigenvalue weighted by Crippen LogP contribution is -2.15. The largest absolute Gasteiger partial charge is 0.491 e. The Kier molecular flexibility index (Phi) is 3.79. The van der Waals surface area contributed by atoms with Gasteiger partial charge >= 0.3 is 0 Å². The maximum atomic E-state index is 11.2. The molecule has 1 rings (SSSR count). The molecule has 0 aliphatic rings. The van der Waals surface area contributed by atoms with Gasteiger partial charge in [0, 0.05) is 0 Å². The number of sulfonamides is 1. The number of halogens is 1. The highest BCUT2D eigenvalue weighted by Gasteiger charge is 2.28. The van der Waals surface area contributed by atoms with Crippen LogP contribution in [-0.2, 0) is 10.0 Å². The number of ether oxygens (including phenoxy) is 1. The zero-order valence-corrected chi connectivity index (χ0v) is 10.6. The molecule has 0 saturated carbocycles. The molecule has 0 saturated heterocycles. The van der Waals surface area contributed by atoms with Gasteiger partial charge in [-0.2, -0.15) is 0 Å². The molecule has 9 heteroatoms. The van der Waals surface area contributed by atoms with Crippen LogP contribution in [0.2, 0.25) is 4.34 Å². The summed E-state index contributed by atoms with van der Waals surface area (Å²) in [6, 6.07) is 0. The van der Waals surface area contributed by atoms with Crippen molar-refractivity contribution in [1.82, 2.24) is 0 Å². The van der Waals surface area contributed by atoms with Gasteiger partial charge in [0.2, 0.25) is 0 Å². The molecule has 1 aromatic rings. The Morgan fingerprint density at radius 3 is 2.50 bits per heavy atom. The number of carbonyl (C=O) groups is 1. The van der Waals surface area contributed by atoms with Gasteiger partial charge in [0.25, 0.3) is 15.9 Å². The Hall–Kier alpha value is -0.830. The van der Waals surface area contributed by atoms with Crippen LogP contribution < -0.4 is 15.6 Å². The molecule has 0 atom stereocenters. The number of rotatable bonds is 4. The van der Waals surface area contributed by atoms with E-state index in [1.54, 1.807) is 6.92 Å². The van der Waals surface area contributed by atoms with E-state index in [-0.39, 0.29) is 26.5 Å². The van der Waals surface area contributed by atoms with Gasteiger partial charge in [0.15, 0.2) is 9.96 Å². The van der Waals surface area contributed by atoms with Crippen molar-refractivity contribution in [2.75, 3.05) is 6.61 Å². The minimum Gasteiger partial charge on any atom is -0.491 e. The van der Waals surface area contributed by atoms with E-state index in [0.717, 1.165) is 0 Å². The van der Waals surface area contributed by atoms with E-state index in [2.05, 4.69) is 0 Å². The number of hydrogen-bond acceptors (Lipinski definition) is 5. The summed E-state index contributed by atoms with van der Waals surface area (Å²) in [5.74, 6) is -1.04. The van der Waals surface area contributed by atoms with Crippen LogP contribution in [-0.4, -0.2) is 20.9 Å². The second kappa shape index (κ2) is 4.58. The van der Waals surface area contributed by atoms with Crippen LogP contribution in [0.15, 0.2) is 4.21 Å². The van der Waals surface area contributed by atoms with Gasteiger partial charge < -0.3 is 10.5 Å². The number of primary amides is 1. The zero-order chi connectivity index (χ0) is 12.5. The molecule has 1 aromatic heterocycles. The van der Waals surface area contributed by atoms with E-state index >= 15 is 0 Å². The number of amides is 1. The average Bonchev–Trinajstić information content (AvgIpc) is 2.42. The smallest absolute Gasteiger partial charge is 0.254 e. The minimum atomic E-state index is -3.99. The van der Waals surface area contributed by atoms with Crippen molar-refractivity contribution in [3.8, 4) is 5.75 Å². The van der Waals surface area contributed by atoms with Crippen molar-refractivity contribution in [2.24, 2.45) is 10.9 Å². The first-order valence-electron chi connectivity index (χ1n) is 4.06. The summed E-state index contributed by atoms with van der Waals surface area (Å²) in [4.78, 5) is 11.1. The van der Waals surface area contributed by atoms with Gasteiger partial charge in [-0.1, -0.05) is 11.6 Å². The molecule has 6 nitrogen and oxygen atoms in total. The molecule has 0 fully saturated rings. The minimum absolute atomic E-state index is 0.0556. The molecule has 0 aliphatic carbocycles. The predicted molar refractivity (Wildman–Crippen MR) is 60.4 cm³/mol. The monoisotopic (exact) mass is 284 g/mol. The van der Waals surface area contributed by atoms with E-state index in [1.165, 1.54) is 0 Å². The van der Waals surface area contributed by atoms with E-state index in [4.69, 9.17) is 27.2 Å². The molecule has 0 bridgehead atoms. The van der Waals surface area contributed by atoms with Crippen LogP contribution in [0.1, 0.15) is 17.3 Å². The van der Waals surface area contributed by atoms with Gasteiger partial charge in [0.1, 0.15) is 9.90 Å². The zero-order valence-electron chi connectivity index (χ0n) is 8.19. The van der Waals surface area contributed by atoms with E-state index < -0.39 is 15.9 Å². The highest BCUT2D eigenvalue weighted by molar-refractivity contribution is 7.91.